The fourth-order valence-electron chi connectivity index (χ4n) is 1.67. The third-order valence-corrected chi connectivity index (χ3v) is 2.52. The molecule has 3 aromatic heterocycles. The third-order valence-electron chi connectivity index (χ3n) is 2.52. The van der Waals surface area contributed by atoms with Crippen LogP contribution >= 0.6 is 0 Å². The van der Waals surface area contributed by atoms with Crippen LogP contribution in [-0.4, -0.2) is 19.7 Å². The molecule has 0 radical (unpaired) electrons. The predicted octanol–water partition coefficient (Wildman–Crippen LogP) is 1.27. The number of nitrogens with zero attached hydrogens (tertiary/aromatic N) is 5. The lowest BCUT2D eigenvalue weighted by atomic mass is 10.2. The number of hydrogen-bond acceptors (Lipinski definition) is 5. The number of anilines is 1. The summed E-state index contributed by atoms with van der Waals surface area (Å²) in [5.41, 5.74) is 7.34. The van der Waals surface area contributed by atoms with E-state index in [2.05, 4.69) is 15.1 Å². The van der Waals surface area contributed by atoms with Crippen molar-refractivity contribution in [3.63, 3.8) is 0 Å². The predicted molar refractivity (Wildman–Crippen MR) is 65.8 cm³/mol. The lowest BCUT2D eigenvalue weighted by Crippen LogP contribution is -2.00. The van der Waals surface area contributed by atoms with Gasteiger partial charge in [-0.05, 0) is 18.2 Å². The van der Waals surface area contributed by atoms with Crippen LogP contribution in [0.25, 0.3) is 16.9 Å². The molecule has 0 aromatic carbocycles. The Balaban J connectivity index is 2.19. The van der Waals surface area contributed by atoms with E-state index in [1.165, 1.54) is 6.20 Å². The molecule has 6 heteroatoms. The minimum absolute atomic E-state index is 0.507. The first kappa shape index (κ1) is 10.2. The summed E-state index contributed by atoms with van der Waals surface area (Å²) in [6, 6.07) is 7.30. The summed E-state index contributed by atoms with van der Waals surface area (Å²) in [7, 11) is 0. The molecule has 0 saturated heterocycles. The standard InChI is InChI=1S/C12H8N6/c13-4-8-3-9-6-17-18(12(9)16-5-8)11-2-1-10(14)7-15-11/h1-3,5-7H,14H2. The highest BCUT2D eigenvalue weighted by Gasteiger charge is 2.07. The van der Waals surface area contributed by atoms with Crippen LogP contribution in [0.2, 0.25) is 0 Å². The lowest BCUT2D eigenvalue weighted by molar-refractivity contribution is 0.863. The average molecular weight is 236 g/mol. The zero-order valence-electron chi connectivity index (χ0n) is 9.28. The van der Waals surface area contributed by atoms with Gasteiger partial charge in [-0.2, -0.15) is 15.0 Å². The Morgan fingerprint density at radius 1 is 1.17 bits per heavy atom. The summed E-state index contributed by atoms with van der Waals surface area (Å²) in [5, 5.41) is 13.8. The molecule has 3 aromatic rings. The molecule has 0 aliphatic carbocycles. The summed E-state index contributed by atoms with van der Waals surface area (Å²) in [6.07, 6.45) is 4.73. The first-order valence-corrected chi connectivity index (χ1v) is 5.24. The smallest absolute Gasteiger partial charge is 0.164 e. The van der Waals surface area contributed by atoms with Crippen LogP contribution in [0.4, 0.5) is 5.69 Å². The molecular formula is C12H8N6. The number of aromatic nitrogens is 4. The van der Waals surface area contributed by atoms with Crippen molar-refractivity contribution in [3.8, 4) is 11.9 Å². The van der Waals surface area contributed by atoms with Crippen LogP contribution in [0, 0.1) is 11.3 Å². The van der Waals surface area contributed by atoms with Gasteiger partial charge >= 0.3 is 0 Å². The topological polar surface area (TPSA) is 93.4 Å². The molecule has 0 atom stereocenters. The van der Waals surface area contributed by atoms with Crippen molar-refractivity contribution in [1.82, 2.24) is 19.7 Å². The molecule has 86 valence electrons. The number of hydrogen-bond donors (Lipinski definition) is 1. The largest absolute Gasteiger partial charge is 0.397 e. The molecule has 3 heterocycles. The van der Waals surface area contributed by atoms with Gasteiger partial charge in [-0.1, -0.05) is 0 Å². The minimum Gasteiger partial charge on any atom is -0.397 e. The zero-order valence-corrected chi connectivity index (χ0v) is 9.28. The van der Waals surface area contributed by atoms with Crippen LogP contribution in [0.1, 0.15) is 5.56 Å². The maximum absolute atomic E-state index is 8.81. The van der Waals surface area contributed by atoms with Crippen molar-refractivity contribution in [2.75, 3.05) is 5.73 Å². The number of nitrogen functional groups attached to an aromatic ring is 1. The lowest BCUT2D eigenvalue weighted by Gasteiger charge is -2.01. The highest BCUT2D eigenvalue weighted by Crippen LogP contribution is 2.16. The minimum atomic E-state index is 0.507. The Labute approximate surface area is 102 Å². The molecule has 0 unspecified atom stereocenters. The second kappa shape index (κ2) is 3.82. The maximum atomic E-state index is 8.81. The van der Waals surface area contributed by atoms with Gasteiger partial charge < -0.3 is 5.73 Å². The summed E-state index contributed by atoms with van der Waals surface area (Å²) in [5.74, 6) is 0.636. The van der Waals surface area contributed by atoms with Gasteiger partial charge in [0.25, 0.3) is 0 Å². The van der Waals surface area contributed by atoms with Gasteiger partial charge in [0.2, 0.25) is 0 Å². The Morgan fingerprint density at radius 3 is 2.78 bits per heavy atom. The van der Waals surface area contributed by atoms with E-state index in [9.17, 15) is 0 Å². The molecule has 0 aliphatic rings. The number of rotatable bonds is 1. The monoisotopic (exact) mass is 236 g/mol. The second-order valence-corrected chi connectivity index (χ2v) is 3.75. The molecule has 0 bridgehead atoms. The average Bonchev–Trinajstić information content (AvgIpc) is 2.82. The molecule has 6 nitrogen and oxygen atoms in total. The Kier molecular flexibility index (Phi) is 2.17. The summed E-state index contributed by atoms with van der Waals surface area (Å²) in [6.45, 7) is 0. The van der Waals surface area contributed by atoms with E-state index in [0.29, 0.717) is 22.7 Å². The highest BCUT2D eigenvalue weighted by molar-refractivity contribution is 5.77. The van der Waals surface area contributed by atoms with Crippen molar-refractivity contribution in [1.29, 1.82) is 5.26 Å². The van der Waals surface area contributed by atoms with Gasteiger partial charge in [-0.15, -0.1) is 0 Å². The Bertz CT molecular complexity index is 750. The fraction of sp³-hybridized carbons (Fsp3) is 0. The molecule has 0 fully saturated rings. The van der Waals surface area contributed by atoms with Crippen molar-refractivity contribution >= 4 is 16.7 Å². The molecule has 0 aliphatic heterocycles. The summed E-state index contributed by atoms with van der Waals surface area (Å²) >= 11 is 0. The van der Waals surface area contributed by atoms with E-state index in [1.807, 2.05) is 6.07 Å². The van der Waals surface area contributed by atoms with E-state index in [0.717, 1.165) is 5.39 Å². The van der Waals surface area contributed by atoms with Crippen LogP contribution in [-0.2, 0) is 0 Å². The SMILES string of the molecule is N#Cc1cnc2c(cnn2-c2ccc(N)cn2)c1. The summed E-state index contributed by atoms with van der Waals surface area (Å²) in [4.78, 5) is 8.40. The normalized spacial score (nSPS) is 10.4. The highest BCUT2D eigenvalue weighted by atomic mass is 15.3. The molecule has 0 amide bonds. The quantitative estimate of drug-likeness (QED) is 0.686. The zero-order chi connectivity index (χ0) is 12.5. The molecule has 0 saturated carbocycles. The van der Waals surface area contributed by atoms with Crippen molar-refractivity contribution in [2.24, 2.45) is 0 Å². The number of nitriles is 1. The first-order chi connectivity index (χ1) is 8.78. The fourth-order valence-corrected chi connectivity index (χ4v) is 1.67. The molecule has 0 spiro atoms. The maximum Gasteiger partial charge on any atom is 0.164 e. The van der Waals surface area contributed by atoms with Crippen molar-refractivity contribution in [2.45, 2.75) is 0 Å². The Morgan fingerprint density at radius 2 is 2.06 bits per heavy atom. The van der Waals surface area contributed by atoms with Crippen LogP contribution < -0.4 is 5.73 Å². The van der Waals surface area contributed by atoms with E-state index in [-0.39, 0.29) is 0 Å². The van der Waals surface area contributed by atoms with Crippen molar-refractivity contribution in [3.05, 3.63) is 42.4 Å². The van der Waals surface area contributed by atoms with Gasteiger partial charge in [0.15, 0.2) is 11.5 Å². The molecular weight excluding hydrogens is 228 g/mol. The van der Waals surface area contributed by atoms with Crippen LogP contribution in [0.3, 0.4) is 0 Å². The second-order valence-electron chi connectivity index (χ2n) is 3.75. The number of nitrogens with two attached hydrogens (primary N) is 1. The number of pyridine rings is 2. The van der Waals surface area contributed by atoms with Gasteiger partial charge in [0.1, 0.15) is 6.07 Å². The summed E-state index contributed by atoms with van der Waals surface area (Å²) < 4.78 is 1.61. The third kappa shape index (κ3) is 1.55. The van der Waals surface area contributed by atoms with E-state index in [4.69, 9.17) is 11.0 Å². The van der Waals surface area contributed by atoms with Crippen molar-refractivity contribution < 1.29 is 0 Å². The van der Waals surface area contributed by atoms with E-state index < -0.39 is 0 Å². The number of fused-ring (bicyclic) bond motifs is 1. The molecule has 3 rings (SSSR count). The molecule has 18 heavy (non-hydrogen) atoms. The van der Waals surface area contributed by atoms with Crippen LogP contribution in [0.5, 0.6) is 0 Å². The molecule has 2 N–H and O–H groups in total. The Hall–Kier alpha value is -2.94. The van der Waals surface area contributed by atoms with E-state index >= 15 is 0 Å². The van der Waals surface area contributed by atoms with Crippen LogP contribution in [0.15, 0.2) is 36.8 Å². The van der Waals surface area contributed by atoms with Gasteiger partial charge in [-0.25, -0.2) is 9.97 Å². The van der Waals surface area contributed by atoms with Gasteiger partial charge in [0.05, 0.1) is 23.6 Å². The van der Waals surface area contributed by atoms with E-state index in [1.54, 1.807) is 35.3 Å². The van der Waals surface area contributed by atoms with Gasteiger partial charge in [0, 0.05) is 11.6 Å². The first-order valence-electron chi connectivity index (χ1n) is 5.24. The van der Waals surface area contributed by atoms with Gasteiger partial charge in [-0.3, -0.25) is 0 Å².